The molecule has 2 atom stereocenters. The van der Waals surface area contributed by atoms with E-state index in [1.165, 1.54) is 7.11 Å². The fourth-order valence-electron chi connectivity index (χ4n) is 3.09. The zero-order valence-electron chi connectivity index (χ0n) is 20.3. The summed E-state index contributed by atoms with van der Waals surface area (Å²) in [5.41, 5.74) is 2.08. The first-order valence-corrected chi connectivity index (χ1v) is 10.9. The summed E-state index contributed by atoms with van der Waals surface area (Å²) < 4.78 is 26.3. The quantitative estimate of drug-likeness (QED) is 0.346. The van der Waals surface area contributed by atoms with Crippen LogP contribution < -0.4 is 9.47 Å². The Morgan fingerprint density at radius 1 is 0.758 bits per heavy atom. The van der Waals surface area contributed by atoms with E-state index in [4.69, 9.17) is 18.9 Å². The first-order chi connectivity index (χ1) is 15.6. The SMILES string of the molecule is COC(=O)CC(=O)OC(C)COc1ccc(C(C)(C)c2ccc(OCC(C)OC)cc2)cc1. The average molecular weight is 459 g/mol. The molecule has 0 bridgehead atoms. The first-order valence-electron chi connectivity index (χ1n) is 10.9. The van der Waals surface area contributed by atoms with E-state index in [1.807, 2.05) is 43.3 Å². The lowest BCUT2D eigenvalue weighted by Gasteiger charge is -2.26. The van der Waals surface area contributed by atoms with Gasteiger partial charge in [0, 0.05) is 12.5 Å². The third kappa shape index (κ3) is 8.09. The van der Waals surface area contributed by atoms with Gasteiger partial charge in [0.05, 0.1) is 13.2 Å². The molecule has 0 heterocycles. The Kier molecular flexibility index (Phi) is 9.73. The second-order valence-corrected chi connectivity index (χ2v) is 8.40. The number of ether oxygens (including phenoxy) is 5. The normalized spacial score (nSPS) is 13.0. The number of hydrogen-bond acceptors (Lipinski definition) is 7. The molecule has 7 nitrogen and oxygen atoms in total. The van der Waals surface area contributed by atoms with Crippen LogP contribution in [-0.4, -0.2) is 51.6 Å². The predicted octanol–water partition coefficient (Wildman–Crippen LogP) is 4.30. The van der Waals surface area contributed by atoms with Crippen LogP contribution in [0.1, 0.15) is 45.2 Å². The number of carbonyl (C=O) groups excluding carboxylic acids is 2. The molecule has 0 saturated heterocycles. The molecule has 7 heteroatoms. The largest absolute Gasteiger partial charge is 0.491 e. The molecule has 0 aromatic heterocycles. The molecule has 0 saturated carbocycles. The summed E-state index contributed by atoms with van der Waals surface area (Å²) in [4.78, 5) is 22.7. The molecule has 2 aromatic rings. The van der Waals surface area contributed by atoms with Gasteiger partial charge < -0.3 is 23.7 Å². The molecule has 2 aromatic carbocycles. The number of hydrogen-bond donors (Lipinski definition) is 0. The van der Waals surface area contributed by atoms with E-state index in [2.05, 4.69) is 30.7 Å². The summed E-state index contributed by atoms with van der Waals surface area (Å²) in [6, 6.07) is 15.9. The summed E-state index contributed by atoms with van der Waals surface area (Å²) in [5, 5.41) is 0. The summed E-state index contributed by atoms with van der Waals surface area (Å²) in [7, 11) is 2.89. The second kappa shape index (κ2) is 12.3. The van der Waals surface area contributed by atoms with Crippen LogP contribution in [0.25, 0.3) is 0 Å². The molecular formula is C26H34O7. The minimum atomic E-state index is -0.639. The minimum Gasteiger partial charge on any atom is -0.491 e. The Balaban J connectivity index is 1.92. The van der Waals surface area contributed by atoms with Crippen LogP contribution in [0.3, 0.4) is 0 Å². The van der Waals surface area contributed by atoms with Crippen molar-refractivity contribution in [1.82, 2.24) is 0 Å². The van der Waals surface area contributed by atoms with Crippen LogP contribution in [-0.2, 0) is 29.2 Å². The van der Waals surface area contributed by atoms with Crippen LogP contribution in [0.5, 0.6) is 11.5 Å². The van der Waals surface area contributed by atoms with Crippen molar-refractivity contribution in [3.63, 3.8) is 0 Å². The van der Waals surface area contributed by atoms with E-state index in [1.54, 1.807) is 14.0 Å². The van der Waals surface area contributed by atoms with E-state index < -0.39 is 24.5 Å². The lowest BCUT2D eigenvalue weighted by molar-refractivity contribution is -0.156. The van der Waals surface area contributed by atoms with Gasteiger partial charge in [-0.05, 0) is 49.2 Å². The van der Waals surface area contributed by atoms with Gasteiger partial charge in [-0.3, -0.25) is 9.59 Å². The van der Waals surface area contributed by atoms with Gasteiger partial charge in [-0.25, -0.2) is 0 Å². The summed E-state index contributed by atoms with van der Waals surface area (Å²) >= 11 is 0. The maximum absolute atomic E-state index is 11.6. The molecule has 0 radical (unpaired) electrons. The Bertz CT molecular complexity index is 888. The fourth-order valence-corrected chi connectivity index (χ4v) is 3.09. The molecule has 2 rings (SSSR count). The highest BCUT2D eigenvalue weighted by Gasteiger charge is 2.23. The minimum absolute atomic E-state index is 0.0387. The number of benzene rings is 2. The Morgan fingerprint density at radius 3 is 1.64 bits per heavy atom. The molecule has 0 spiro atoms. The van der Waals surface area contributed by atoms with Crippen LogP contribution in [0.15, 0.2) is 48.5 Å². The monoisotopic (exact) mass is 458 g/mol. The van der Waals surface area contributed by atoms with Gasteiger partial charge in [0.1, 0.15) is 37.2 Å². The van der Waals surface area contributed by atoms with Crippen molar-refractivity contribution in [3.05, 3.63) is 59.7 Å². The van der Waals surface area contributed by atoms with Gasteiger partial charge in [0.2, 0.25) is 0 Å². The van der Waals surface area contributed by atoms with Crippen molar-refractivity contribution in [3.8, 4) is 11.5 Å². The van der Waals surface area contributed by atoms with Crippen molar-refractivity contribution < 1.29 is 33.3 Å². The van der Waals surface area contributed by atoms with E-state index in [9.17, 15) is 9.59 Å². The maximum Gasteiger partial charge on any atom is 0.317 e. The van der Waals surface area contributed by atoms with Gasteiger partial charge in [-0.1, -0.05) is 38.1 Å². The van der Waals surface area contributed by atoms with E-state index in [0.717, 1.165) is 16.9 Å². The van der Waals surface area contributed by atoms with Crippen molar-refractivity contribution in [2.45, 2.75) is 51.7 Å². The molecule has 0 aliphatic rings. The molecule has 0 N–H and O–H groups in total. The van der Waals surface area contributed by atoms with E-state index in [-0.39, 0.29) is 18.1 Å². The number of carbonyl (C=O) groups is 2. The van der Waals surface area contributed by atoms with Crippen molar-refractivity contribution in [2.24, 2.45) is 0 Å². The van der Waals surface area contributed by atoms with Gasteiger partial charge in [0.25, 0.3) is 0 Å². The highest BCUT2D eigenvalue weighted by molar-refractivity contribution is 5.91. The van der Waals surface area contributed by atoms with Gasteiger partial charge in [-0.15, -0.1) is 0 Å². The van der Waals surface area contributed by atoms with E-state index in [0.29, 0.717) is 12.4 Å². The van der Waals surface area contributed by atoms with Crippen LogP contribution in [0, 0.1) is 0 Å². The average Bonchev–Trinajstić information content (AvgIpc) is 2.81. The Morgan fingerprint density at radius 2 is 1.21 bits per heavy atom. The van der Waals surface area contributed by atoms with Crippen LogP contribution in [0.2, 0.25) is 0 Å². The topological polar surface area (TPSA) is 80.3 Å². The molecule has 180 valence electrons. The third-order valence-corrected chi connectivity index (χ3v) is 5.37. The zero-order valence-corrected chi connectivity index (χ0v) is 20.3. The van der Waals surface area contributed by atoms with E-state index >= 15 is 0 Å². The Labute approximate surface area is 195 Å². The van der Waals surface area contributed by atoms with Crippen LogP contribution >= 0.6 is 0 Å². The number of methoxy groups -OCH3 is 2. The lowest BCUT2D eigenvalue weighted by Crippen LogP contribution is -2.23. The second-order valence-electron chi connectivity index (χ2n) is 8.40. The summed E-state index contributed by atoms with van der Waals surface area (Å²) in [5.74, 6) is 0.207. The molecule has 0 aliphatic carbocycles. The van der Waals surface area contributed by atoms with Gasteiger partial charge in [0.15, 0.2) is 0 Å². The summed E-state index contributed by atoms with van der Waals surface area (Å²) in [6.07, 6.45) is -0.869. The van der Waals surface area contributed by atoms with Crippen LogP contribution in [0.4, 0.5) is 0 Å². The number of esters is 2. The molecule has 0 fully saturated rings. The lowest BCUT2D eigenvalue weighted by atomic mass is 9.78. The smallest absolute Gasteiger partial charge is 0.317 e. The maximum atomic E-state index is 11.6. The summed E-state index contributed by atoms with van der Waals surface area (Å²) in [6.45, 7) is 8.67. The molecule has 2 unspecified atom stereocenters. The predicted molar refractivity (Wildman–Crippen MR) is 125 cm³/mol. The Hall–Kier alpha value is -3.06. The van der Waals surface area contributed by atoms with Gasteiger partial charge in [-0.2, -0.15) is 0 Å². The highest BCUT2D eigenvalue weighted by atomic mass is 16.6. The molecule has 33 heavy (non-hydrogen) atoms. The molecule has 0 aliphatic heterocycles. The highest BCUT2D eigenvalue weighted by Crippen LogP contribution is 2.33. The van der Waals surface area contributed by atoms with Crippen molar-refractivity contribution >= 4 is 11.9 Å². The number of rotatable bonds is 12. The first kappa shape index (κ1) is 26.2. The molecule has 0 amide bonds. The standard InChI is InChI=1S/C26H34O7/c1-18(29-5)16-31-22-11-7-20(8-12-22)26(3,4)21-9-13-23(14-10-21)32-17-19(2)33-25(28)15-24(27)30-6/h7-14,18-19H,15-17H2,1-6H3. The third-order valence-electron chi connectivity index (χ3n) is 5.37. The zero-order chi connectivity index (χ0) is 24.4. The van der Waals surface area contributed by atoms with Crippen molar-refractivity contribution in [2.75, 3.05) is 27.4 Å². The van der Waals surface area contributed by atoms with Gasteiger partial charge >= 0.3 is 11.9 Å². The fraction of sp³-hybridized carbons (Fsp3) is 0.462. The molecular weight excluding hydrogens is 424 g/mol. The van der Waals surface area contributed by atoms with Crippen molar-refractivity contribution in [1.29, 1.82) is 0 Å².